The average Bonchev–Trinajstić information content (AvgIpc) is 3.36. The van der Waals surface area contributed by atoms with Gasteiger partial charge < -0.3 is 14.6 Å². The first kappa shape index (κ1) is 25.3. The van der Waals surface area contributed by atoms with Crippen LogP contribution in [0.4, 0.5) is 0 Å². The number of hydrogen-bond donors (Lipinski definition) is 1. The lowest BCUT2D eigenvalue weighted by Gasteiger charge is -2.52. The molecule has 1 aliphatic carbocycles. The maximum absolute atomic E-state index is 13.6. The largest absolute Gasteiger partial charge is 0.460 e. The van der Waals surface area contributed by atoms with Crippen LogP contribution in [0.15, 0.2) is 40.8 Å². The highest BCUT2D eigenvalue weighted by atomic mass is 35.5. The SMILES string of the molecule is CCCN1C(=O)C(CC2CCCCC2)NC(=O)C12CCN(Cc1ccc(-c3cccc(Cl)c3)o1)CC2. The Kier molecular flexibility index (Phi) is 7.73. The Balaban J connectivity index is 1.23. The topological polar surface area (TPSA) is 65.8 Å². The lowest BCUT2D eigenvalue weighted by atomic mass is 9.79. The number of piperidine rings is 1. The number of halogens is 1. The number of nitrogens with one attached hydrogen (secondary N) is 1. The van der Waals surface area contributed by atoms with Crippen LogP contribution in [0.1, 0.15) is 70.5 Å². The van der Waals surface area contributed by atoms with Crippen LogP contribution in [0.3, 0.4) is 0 Å². The molecule has 3 fully saturated rings. The van der Waals surface area contributed by atoms with E-state index in [2.05, 4.69) is 17.1 Å². The lowest BCUT2D eigenvalue weighted by Crippen LogP contribution is -2.73. The van der Waals surface area contributed by atoms with E-state index in [-0.39, 0.29) is 17.9 Å². The van der Waals surface area contributed by atoms with E-state index in [0.29, 0.717) is 36.9 Å². The van der Waals surface area contributed by atoms with E-state index >= 15 is 0 Å². The van der Waals surface area contributed by atoms with Gasteiger partial charge in [-0.05, 0) is 55.9 Å². The molecule has 3 aliphatic rings. The molecule has 1 saturated carbocycles. The molecule has 5 rings (SSSR count). The number of likely N-dealkylation sites (tertiary alicyclic amines) is 1. The summed E-state index contributed by atoms with van der Waals surface area (Å²) < 4.78 is 6.10. The fourth-order valence-corrected chi connectivity index (χ4v) is 6.59. The van der Waals surface area contributed by atoms with Gasteiger partial charge in [0.15, 0.2) is 0 Å². The van der Waals surface area contributed by atoms with Crippen molar-refractivity contribution in [3.05, 3.63) is 47.2 Å². The molecule has 6 nitrogen and oxygen atoms in total. The molecule has 1 unspecified atom stereocenters. The number of piperazine rings is 1. The molecule has 3 heterocycles. The number of furan rings is 1. The minimum atomic E-state index is -0.720. The van der Waals surface area contributed by atoms with Gasteiger partial charge in [0.25, 0.3) is 0 Å². The third kappa shape index (κ3) is 5.21. The summed E-state index contributed by atoms with van der Waals surface area (Å²) in [6, 6.07) is 11.3. The summed E-state index contributed by atoms with van der Waals surface area (Å²) in [6.45, 7) is 4.93. The molecule has 2 aromatic rings. The number of carbonyl (C=O) groups excluding carboxylic acids is 2. The molecular formula is C29H38ClN3O3. The van der Waals surface area contributed by atoms with Crippen molar-refractivity contribution in [1.82, 2.24) is 15.1 Å². The van der Waals surface area contributed by atoms with Gasteiger partial charge in [0.05, 0.1) is 6.54 Å². The summed E-state index contributed by atoms with van der Waals surface area (Å²) in [6.07, 6.45) is 9.11. The predicted molar refractivity (Wildman–Crippen MR) is 142 cm³/mol. The second-order valence-corrected chi connectivity index (χ2v) is 11.3. The Morgan fingerprint density at radius 1 is 1.08 bits per heavy atom. The Morgan fingerprint density at radius 2 is 1.86 bits per heavy atom. The van der Waals surface area contributed by atoms with Gasteiger partial charge in [-0.2, -0.15) is 0 Å². The number of amides is 2. The van der Waals surface area contributed by atoms with Crippen molar-refractivity contribution >= 4 is 23.4 Å². The monoisotopic (exact) mass is 511 g/mol. The smallest absolute Gasteiger partial charge is 0.246 e. The lowest BCUT2D eigenvalue weighted by molar-refractivity contribution is -0.162. The highest BCUT2D eigenvalue weighted by molar-refractivity contribution is 6.30. The summed E-state index contributed by atoms with van der Waals surface area (Å²) in [5.74, 6) is 2.43. The molecule has 2 aliphatic heterocycles. The Labute approximate surface area is 219 Å². The molecule has 1 N–H and O–H groups in total. The molecule has 2 amide bonds. The molecule has 1 spiro atoms. The van der Waals surface area contributed by atoms with Gasteiger partial charge in [-0.3, -0.25) is 14.5 Å². The van der Waals surface area contributed by atoms with Crippen molar-refractivity contribution < 1.29 is 14.0 Å². The second kappa shape index (κ2) is 11.0. The summed E-state index contributed by atoms with van der Waals surface area (Å²) in [7, 11) is 0. The van der Waals surface area contributed by atoms with Gasteiger partial charge >= 0.3 is 0 Å². The first-order valence-corrected chi connectivity index (χ1v) is 14.1. The molecule has 36 heavy (non-hydrogen) atoms. The minimum absolute atomic E-state index is 0.0530. The second-order valence-electron chi connectivity index (χ2n) is 10.8. The van der Waals surface area contributed by atoms with Crippen LogP contribution >= 0.6 is 11.6 Å². The zero-order valence-corrected chi connectivity index (χ0v) is 22.1. The van der Waals surface area contributed by atoms with E-state index in [1.165, 1.54) is 32.1 Å². The molecule has 2 saturated heterocycles. The minimum Gasteiger partial charge on any atom is -0.460 e. The van der Waals surface area contributed by atoms with Gasteiger partial charge in [0.2, 0.25) is 11.8 Å². The van der Waals surface area contributed by atoms with Crippen molar-refractivity contribution in [2.45, 2.75) is 82.8 Å². The van der Waals surface area contributed by atoms with E-state index < -0.39 is 5.54 Å². The number of rotatable bonds is 7. The highest BCUT2D eigenvalue weighted by Crippen LogP contribution is 2.36. The quantitative estimate of drug-likeness (QED) is 0.522. The Bertz CT molecular complexity index is 1070. The maximum atomic E-state index is 13.6. The van der Waals surface area contributed by atoms with Crippen LogP contribution in [0.5, 0.6) is 0 Å². The summed E-state index contributed by atoms with van der Waals surface area (Å²) in [5, 5.41) is 3.86. The van der Waals surface area contributed by atoms with E-state index in [9.17, 15) is 9.59 Å². The molecule has 7 heteroatoms. The number of nitrogens with zero attached hydrogens (tertiary/aromatic N) is 2. The number of hydrogen-bond acceptors (Lipinski definition) is 4. The van der Waals surface area contributed by atoms with Gasteiger partial charge in [-0.1, -0.05) is 62.8 Å². The number of carbonyl (C=O) groups is 2. The summed E-state index contributed by atoms with van der Waals surface area (Å²) in [4.78, 5) is 31.4. The Hall–Kier alpha value is -2.31. The van der Waals surface area contributed by atoms with Crippen LogP contribution in [0.2, 0.25) is 5.02 Å². The normalized spacial score (nSPS) is 23.3. The molecule has 194 valence electrons. The molecule has 1 aromatic heterocycles. The molecule has 1 atom stereocenters. The van der Waals surface area contributed by atoms with Gasteiger partial charge in [0.1, 0.15) is 23.1 Å². The van der Waals surface area contributed by atoms with Crippen molar-refractivity contribution in [3.8, 4) is 11.3 Å². The van der Waals surface area contributed by atoms with Crippen molar-refractivity contribution in [1.29, 1.82) is 0 Å². The van der Waals surface area contributed by atoms with Crippen LogP contribution in [-0.4, -0.2) is 52.8 Å². The van der Waals surface area contributed by atoms with Gasteiger partial charge in [-0.15, -0.1) is 0 Å². The fourth-order valence-electron chi connectivity index (χ4n) is 6.40. The van der Waals surface area contributed by atoms with E-state index in [1.807, 2.05) is 41.3 Å². The number of benzene rings is 1. The standard InChI is InChI=1S/C29H38ClN3O3/c1-2-15-33-27(34)25(18-21-7-4-3-5-8-21)31-28(35)29(33)13-16-32(17-14-29)20-24-11-12-26(36-24)22-9-6-10-23(30)19-22/h6,9-12,19,21,25H,2-5,7-8,13-18,20H2,1H3,(H,31,35). The van der Waals surface area contributed by atoms with Crippen LogP contribution in [-0.2, 0) is 16.1 Å². The zero-order valence-electron chi connectivity index (χ0n) is 21.3. The van der Waals surface area contributed by atoms with Gasteiger partial charge in [-0.25, -0.2) is 0 Å². The molecule has 1 aromatic carbocycles. The molecular weight excluding hydrogens is 474 g/mol. The Morgan fingerprint density at radius 3 is 2.58 bits per heavy atom. The maximum Gasteiger partial charge on any atom is 0.246 e. The third-order valence-electron chi connectivity index (χ3n) is 8.38. The van der Waals surface area contributed by atoms with Crippen LogP contribution in [0.25, 0.3) is 11.3 Å². The van der Waals surface area contributed by atoms with Crippen LogP contribution < -0.4 is 5.32 Å². The zero-order chi connectivity index (χ0) is 25.1. The third-order valence-corrected chi connectivity index (χ3v) is 8.62. The van der Waals surface area contributed by atoms with E-state index in [0.717, 1.165) is 43.0 Å². The molecule has 0 radical (unpaired) electrons. The fraction of sp³-hybridized carbons (Fsp3) is 0.586. The van der Waals surface area contributed by atoms with Crippen molar-refractivity contribution in [2.24, 2.45) is 5.92 Å². The summed E-state index contributed by atoms with van der Waals surface area (Å²) >= 11 is 6.13. The van der Waals surface area contributed by atoms with Gasteiger partial charge in [0, 0.05) is 30.2 Å². The van der Waals surface area contributed by atoms with Crippen LogP contribution in [0, 0.1) is 5.92 Å². The highest BCUT2D eigenvalue weighted by Gasteiger charge is 2.53. The van der Waals surface area contributed by atoms with Crippen molar-refractivity contribution in [2.75, 3.05) is 19.6 Å². The van der Waals surface area contributed by atoms with E-state index in [1.54, 1.807) is 0 Å². The summed E-state index contributed by atoms with van der Waals surface area (Å²) in [5.41, 5.74) is 0.239. The first-order chi connectivity index (χ1) is 17.5. The molecule has 0 bridgehead atoms. The predicted octanol–water partition coefficient (Wildman–Crippen LogP) is 5.64. The van der Waals surface area contributed by atoms with Crippen molar-refractivity contribution in [3.63, 3.8) is 0 Å². The first-order valence-electron chi connectivity index (χ1n) is 13.7. The average molecular weight is 512 g/mol. The van der Waals surface area contributed by atoms with E-state index in [4.69, 9.17) is 16.0 Å².